The monoisotopic (exact) mass is 644 g/mol. The van der Waals surface area contributed by atoms with E-state index in [9.17, 15) is 14.4 Å². The lowest BCUT2D eigenvalue weighted by molar-refractivity contribution is -0.156. The van der Waals surface area contributed by atoms with E-state index in [1.807, 2.05) is 128 Å². The predicted octanol–water partition coefficient (Wildman–Crippen LogP) is 6.98. The summed E-state index contributed by atoms with van der Waals surface area (Å²) < 4.78 is 12.0. The second-order valence-corrected chi connectivity index (χ2v) is 12.9. The van der Waals surface area contributed by atoms with Gasteiger partial charge in [0.05, 0.1) is 12.0 Å². The van der Waals surface area contributed by atoms with Crippen LogP contribution in [0.4, 0.5) is 0 Å². The number of amides is 1. The van der Waals surface area contributed by atoms with E-state index in [0.29, 0.717) is 25.3 Å². The molecule has 7 nitrogen and oxygen atoms in total. The van der Waals surface area contributed by atoms with Crippen LogP contribution in [0.25, 0.3) is 0 Å². The van der Waals surface area contributed by atoms with Gasteiger partial charge in [0.25, 0.3) is 0 Å². The van der Waals surface area contributed by atoms with Crippen molar-refractivity contribution < 1.29 is 23.9 Å². The van der Waals surface area contributed by atoms with E-state index in [4.69, 9.17) is 9.47 Å². The molecule has 2 aliphatic rings. The number of fused-ring (bicyclic) bond motifs is 1. The second kappa shape index (κ2) is 15.9. The average Bonchev–Trinajstić information content (AvgIpc) is 3.74. The van der Waals surface area contributed by atoms with Gasteiger partial charge in [0, 0.05) is 6.04 Å². The molecule has 0 bridgehead atoms. The number of hydrogen-bond donors (Lipinski definition) is 1. The van der Waals surface area contributed by atoms with E-state index in [1.165, 1.54) is 0 Å². The zero-order valence-electron chi connectivity index (χ0n) is 27.4. The van der Waals surface area contributed by atoms with Crippen LogP contribution in [0, 0.1) is 5.92 Å². The summed E-state index contributed by atoms with van der Waals surface area (Å²) >= 11 is 0. The number of carbonyl (C=O) groups excluding carboxylic acids is 3. The molecule has 1 heterocycles. The van der Waals surface area contributed by atoms with E-state index in [0.717, 1.165) is 41.5 Å². The van der Waals surface area contributed by atoms with Crippen molar-refractivity contribution in [2.45, 2.75) is 75.8 Å². The molecule has 1 aliphatic carbocycles. The van der Waals surface area contributed by atoms with E-state index < -0.39 is 24.1 Å². The lowest BCUT2D eigenvalue weighted by atomic mass is 9.95. The minimum absolute atomic E-state index is 0.0518. The summed E-state index contributed by atoms with van der Waals surface area (Å²) in [6.45, 7) is 2.44. The molecular weight excluding hydrogens is 600 g/mol. The Labute approximate surface area is 283 Å². The zero-order chi connectivity index (χ0) is 33.3. The fourth-order valence-electron chi connectivity index (χ4n) is 7.29. The molecule has 1 aliphatic heterocycles. The minimum atomic E-state index is -0.583. The van der Waals surface area contributed by atoms with E-state index >= 15 is 0 Å². The lowest BCUT2D eigenvalue weighted by Gasteiger charge is -2.31. The second-order valence-electron chi connectivity index (χ2n) is 12.9. The van der Waals surface area contributed by atoms with Gasteiger partial charge in [-0.25, -0.2) is 4.79 Å². The Morgan fingerprint density at radius 3 is 1.94 bits per heavy atom. The molecule has 1 unspecified atom stereocenters. The first-order chi connectivity index (χ1) is 23.5. The molecule has 5 atom stereocenters. The van der Waals surface area contributed by atoms with Crippen molar-refractivity contribution in [1.82, 2.24) is 10.2 Å². The van der Waals surface area contributed by atoms with Crippen LogP contribution in [-0.2, 0) is 30.5 Å². The molecular formula is C41H44N2O5. The number of carbonyl (C=O) groups is 3. The Morgan fingerprint density at radius 2 is 1.33 bits per heavy atom. The van der Waals surface area contributed by atoms with Gasteiger partial charge in [-0.2, -0.15) is 0 Å². The summed E-state index contributed by atoms with van der Waals surface area (Å²) in [5, 5.41) is 3.38. The third-order valence-corrected chi connectivity index (χ3v) is 9.77. The molecule has 1 saturated carbocycles. The first kappa shape index (κ1) is 33.2. The van der Waals surface area contributed by atoms with Crippen LogP contribution in [0.5, 0.6) is 0 Å². The fraction of sp³-hybridized carbons (Fsp3) is 0.341. The van der Waals surface area contributed by atoms with Crippen molar-refractivity contribution in [2.24, 2.45) is 5.92 Å². The Bertz CT molecular complexity index is 1590. The summed E-state index contributed by atoms with van der Waals surface area (Å²) in [7, 11) is 0. The largest absolute Gasteiger partial charge is 0.459 e. The first-order valence-corrected chi connectivity index (χ1v) is 17.1. The van der Waals surface area contributed by atoms with Gasteiger partial charge < -0.3 is 19.7 Å². The van der Waals surface area contributed by atoms with Crippen LogP contribution in [-0.4, -0.2) is 47.4 Å². The fourth-order valence-corrected chi connectivity index (χ4v) is 7.29. The topological polar surface area (TPSA) is 84.9 Å². The van der Waals surface area contributed by atoms with Crippen LogP contribution >= 0.6 is 0 Å². The number of esters is 2. The normalized spacial score (nSPS) is 19.8. The van der Waals surface area contributed by atoms with Crippen molar-refractivity contribution in [3.05, 3.63) is 144 Å². The summed E-state index contributed by atoms with van der Waals surface area (Å²) in [5.41, 5.74) is 3.57. The Kier molecular flexibility index (Phi) is 11.0. The number of ether oxygens (including phenoxy) is 2. The third-order valence-electron chi connectivity index (χ3n) is 9.77. The number of likely N-dealkylation sites (tertiary alicyclic amines) is 1. The number of nitrogens with zero attached hydrogens (tertiary/aromatic N) is 1. The Morgan fingerprint density at radius 1 is 0.771 bits per heavy atom. The number of hydrogen-bond acceptors (Lipinski definition) is 6. The van der Waals surface area contributed by atoms with Crippen LogP contribution in [0.15, 0.2) is 121 Å². The molecule has 0 radical (unpaired) electrons. The molecule has 2 fully saturated rings. The maximum atomic E-state index is 14.0. The molecule has 48 heavy (non-hydrogen) atoms. The molecule has 0 aromatic heterocycles. The molecule has 6 rings (SSSR count). The highest BCUT2D eigenvalue weighted by atomic mass is 16.5. The molecule has 4 aromatic rings. The number of benzene rings is 4. The predicted molar refractivity (Wildman–Crippen MR) is 185 cm³/mol. The molecule has 0 spiro atoms. The van der Waals surface area contributed by atoms with Crippen LogP contribution in [0.3, 0.4) is 0 Å². The van der Waals surface area contributed by atoms with Gasteiger partial charge in [0.15, 0.2) is 6.10 Å². The van der Waals surface area contributed by atoms with E-state index in [-0.39, 0.29) is 30.5 Å². The van der Waals surface area contributed by atoms with Crippen LogP contribution in [0.2, 0.25) is 0 Å². The molecule has 1 saturated heterocycles. The maximum absolute atomic E-state index is 14.0. The molecule has 1 N–H and O–H groups in total. The summed E-state index contributed by atoms with van der Waals surface area (Å²) in [6.07, 6.45) is 3.51. The van der Waals surface area contributed by atoms with E-state index in [2.05, 4.69) is 5.32 Å². The molecule has 4 aromatic carbocycles. The molecule has 7 heteroatoms. The number of rotatable bonds is 13. The average molecular weight is 645 g/mol. The van der Waals surface area contributed by atoms with Crippen molar-refractivity contribution >= 4 is 17.8 Å². The quantitative estimate of drug-likeness (QED) is 0.158. The number of nitrogens with one attached hydrogen (secondary N) is 1. The summed E-state index contributed by atoms with van der Waals surface area (Å²) in [4.78, 5) is 43.1. The highest BCUT2D eigenvalue weighted by molar-refractivity contribution is 5.88. The summed E-state index contributed by atoms with van der Waals surface area (Å²) in [6, 6.07) is 37.7. The Balaban J connectivity index is 1.12. The molecule has 1 amide bonds. The van der Waals surface area contributed by atoms with Gasteiger partial charge in [0.2, 0.25) is 5.91 Å². The SMILES string of the molecule is C[C@H](NCCC(C(=O)OC(c1ccccc1)c1ccccc1)c1ccccc1)C(=O)N1[C@H](C(=O)OCc2ccccc2)C[C@@H]2CCC[C@@H]21. The highest BCUT2D eigenvalue weighted by Gasteiger charge is 2.50. The van der Waals surface area contributed by atoms with Gasteiger partial charge in [-0.3, -0.25) is 9.59 Å². The third kappa shape index (κ3) is 7.85. The lowest BCUT2D eigenvalue weighted by Crippen LogP contribution is -2.52. The van der Waals surface area contributed by atoms with Crippen molar-refractivity contribution in [1.29, 1.82) is 0 Å². The highest BCUT2D eigenvalue weighted by Crippen LogP contribution is 2.42. The van der Waals surface area contributed by atoms with Crippen LogP contribution < -0.4 is 5.32 Å². The Hall–Kier alpha value is -4.75. The van der Waals surface area contributed by atoms with Crippen molar-refractivity contribution in [3.63, 3.8) is 0 Å². The van der Waals surface area contributed by atoms with Gasteiger partial charge >= 0.3 is 11.9 Å². The van der Waals surface area contributed by atoms with Gasteiger partial charge in [-0.1, -0.05) is 128 Å². The minimum Gasteiger partial charge on any atom is -0.459 e. The summed E-state index contributed by atoms with van der Waals surface area (Å²) in [5.74, 6) is -0.989. The van der Waals surface area contributed by atoms with Crippen molar-refractivity contribution in [3.8, 4) is 0 Å². The standard InChI is InChI=1S/C41H44N2O5/c1-29(39(44)43-36-24-14-23-34(36)27-37(43)41(46)47-28-30-15-6-2-7-16-30)42-26-25-35(31-17-8-3-9-18-31)40(45)48-38(32-19-10-4-11-20-32)33-21-12-5-13-22-33/h2-13,15-22,29,34-38,42H,14,23-28H2,1H3/t29-,34-,35?,36-,37-/m0/s1. The van der Waals surface area contributed by atoms with Gasteiger partial charge in [-0.05, 0) is 67.3 Å². The molecule has 248 valence electrons. The first-order valence-electron chi connectivity index (χ1n) is 17.1. The van der Waals surface area contributed by atoms with Crippen LogP contribution in [0.1, 0.15) is 73.3 Å². The van der Waals surface area contributed by atoms with E-state index in [1.54, 1.807) is 4.90 Å². The van der Waals surface area contributed by atoms with Crippen molar-refractivity contribution in [2.75, 3.05) is 6.54 Å². The van der Waals surface area contributed by atoms with Gasteiger partial charge in [-0.15, -0.1) is 0 Å². The zero-order valence-corrected chi connectivity index (χ0v) is 27.4. The smallest absolute Gasteiger partial charge is 0.329 e. The van der Waals surface area contributed by atoms with Gasteiger partial charge in [0.1, 0.15) is 12.6 Å². The maximum Gasteiger partial charge on any atom is 0.329 e.